The Balaban J connectivity index is 1.85. The summed E-state index contributed by atoms with van der Waals surface area (Å²) in [7, 11) is 0. The second kappa shape index (κ2) is 7.70. The third-order valence-corrected chi connectivity index (χ3v) is 4.04. The lowest BCUT2D eigenvalue weighted by Gasteiger charge is -2.07. The summed E-state index contributed by atoms with van der Waals surface area (Å²) in [6.45, 7) is 1.20. The van der Waals surface area contributed by atoms with Gasteiger partial charge in [-0.2, -0.15) is 0 Å². The van der Waals surface area contributed by atoms with Gasteiger partial charge in [-0.1, -0.05) is 35.5 Å². The predicted molar refractivity (Wildman–Crippen MR) is 97.4 cm³/mol. The van der Waals surface area contributed by atoms with E-state index in [0.717, 1.165) is 6.07 Å². The fourth-order valence-electron chi connectivity index (χ4n) is 2.63. The number of amides is 1. The van der Waals surface area contributed by atoms with Crippen molar-refractivity contribution in [3.05, 3.63) is 81.1 Å². The Kier molecular flexibility index (Phi) is 5.16. The molecule has 0 saturated heterocycles. The number of nitrogens with two attached hydrogens (primary N) is 1. The number of rotatable bonds is 6. The Morgan fingerprint density at radius 2 is 1.93 bits per heavy atom. The molecule has 0 radical (unpaired) electrons. The third-order valence-electron chi connectivity index (χ3n) is 4.04. The molecule has 0 aliphatic carbocycles. The molecular formula is C19H15N3O6. The molecule has 0 spiro atoms. The van der Waals surface area contributed by atoms with E-state index in [1.165, 1.54) is 12.1 Å². The number of primary amides is 1. The standard InChI is InChI=1S/C19H15N3O6/c1-11-16(17(21-28-11)12-5-3-2-4-6-12)19(24)27-10-14-8-7-13(18(20)23)9-15(14)22(25)26/h2-9H,10H2,1H3,(H2,20,23). The first-order valence-corrected chi connectivity index (χ1v) is 8.14. The van der Waals surface area contributed by atoms with E-state index in [1.807, 2.05) is 6.07 Å². The maximum atomic E-state index is 12.6. The van der Waals surface area contributed by atoms with Gasteiger partial charge < -0.3 is 15.0 Å². The summed E-state index contributed by atoms with van der Waals surface area (Å²) in [6.07, 6.45) is 0. The lowest BCUT2D eigenvalue weighted by molar-refractivity contribution is -0.385. The maximum Gasteiger partial charge on any atom is 0.344 e. The molecule has 0 fully saturated rings. The molecular weight excluding hydrogens is 366 g/mol. The van der Waals surface area contributed by atoms with E-state index < -0.39 is 16.8 Å². The van der Waals surface area contributed by atoms with Crippen LogP contribution < -0.4 is 5.73 Å². The summed E-state index contributed by atoms with van der Waals surface area (Å²) >= 11 is 0. The first-order valence-electron chi connectivity index (χ1n) is 8.14. The molecule has 0 saturated carbocycles. The Morgan fingerprint density at radius 1 is 1.21 bits per heavy atom. The van der Waals surface area contributed by atoms with Crippen LogP contribution in [0.2, 0.25) is 0 Å². The zero-order valence-electron chi connectivity index (χ0n) is 14.7. The van der Waals surface area contributed by atoms with Crippen LogP contribution >= 0.6 is 0 Å². The van der Waals surface area contributed by atoms with Crippen LogP contribution in [0, 0.1) is 17.0 Å². The van der Waals surface area contributed by atoms with Gasteiger partial charge in [0.1, 0.15) is 23.6 Å². The Hall–Kier alpha value is -4.01. The minimum absolute atomic E-state index is 0.0111. The number of ether oxygens (including phenoxy) is 1. The van der Waals surface area contributed by atoms with E-state index in [4.69, 9.17) is 15.0 Å². The first-order chi connectivity index (χ1) is 13.4. The number of aromatic nitrogens is 1. The maximum absolute atomic E-state index is 12.6. The third kappa shape index (κ3) is 3.73. The van der Waals surface area contributed by atoms with Crippen LogP contribution in [0.3, 0.4) is 0 Å². The van der Waals surface area contributed by atoms with Crippen LogP contribution in [-0.4, -0.2) is 22.0 Å². The molecule has 142 valence electrons. The van der Waals surface area contributed by atoms with Gasteiger partial charge in [-0.25, -0.2) is 4.79 Å². The highest BCUT2D eigenvalue weighted by atomic mass is 16.6. The van der Waals surface area contributed by atoms with Gasteiger partial charge >= 0.3 is 5.97 Å². The van der Waals surface area contributed by atoms with Crippen molar-refractivity contribution in [3.8, 4) is 11.3 Å². The summed E-state index contributed by atoms with van der Waals surface area (Å²) < 4.78 is 10.4. The van der Waals surface area contributed by atoms with E-state index in [9.17, 15) is 19.7 Å². The van der Waals surface area contributed by atoms with Crippen molar-refractivity contribution in [3.63, 3.8) is 0 Å². The number of nitrogens with zero attached hydrogens (tertiary/aromatic N) is 2. The number of aryl methyl sites for hydroxylation is 1. The second-order valence-electron chi connectivity index (χ2n) is 5.87. The molecule has 3 aromatic rings. The normalized spacial score (nSPS) is 10.5. The van der Waals surface area contributed by atoms with Crippen LogP contribution in [0.25, 0.3) is 11.3 Å². The molecule has 0 atom stereocenters. The van der Waals surface area contributed by atoms with Crippen molar-refractivity contribution in [2.75, 3.05) is 0 Å². The van der Waals surface area contributed by atoms with Crippen molar-refractivity contribution in [1.29, 1.82) is 0 Å². The molecule has 2 N–H and O–H groups in total. The SMILES string of the molecule is Cc1onc(-c2ccccc2)c1C(=O)OCc1ccc(C(N)=O)cc1[N+](=O)[O-]. The molecule has 0 aliphatic rings. The quantitative estimate of drug-likeness (QED) is 0.393. The van der Waals surface area contributed by atoms with E-state index >= 15 is 0 Å². The number of benzene rings is 2. The van der Waals surface area contributed by atoms with Gasteiger partial charge in [-0.15, -0.1) is 0 Å². The second-order valence-corrected chi connectivity index (χ2v) is 5.87. The lowest BCUT2D eigenvalue weighted by Crippen LogP contribution is -2.12. The summed E-state index contributed by atoms with van der Waals surface area (Å²) in [6, 6.07) is 12.6. The molecule has 28 heavy (non-hydrogen) atoms. The van der Waals surface area contributed by atoms with Crippen LogP contribution in [0.5, 0.6) is 0 Å². The number of esters is 1. The Bertz CT molecular complexity index is 1060. The van der Waals surface area contributed by atoms with E-state index in [2.05, 4.69) is 5.16 Å². The van der Waals surface area contributed by atoms with Crippen molar-refractivity contribution in [1.82, 2.24) is 5.16 Å². The highest BCUT2D eigenvalue weighted by Gasteiger charge is 2.24. The molecule has 9 nitrogen and oxygen atoms in total. The highest BCUT2D eigenvalue weighted by molar-refractivity contribution is 5.97. The van der Waals surface area contributed by atoms with Crippen molar-refractivity contribution < 1.29 is 23.8 Å². The molecule has 9 heteroatoms. The average Bonchev–Trinajstić information content (AvgIpc) is 3.08. The fraction of sp³-hybridized carbons (Fsp3) is 0.105. The van der Waals surface area contributed by atoms with Crippen LogP contribution in [0.1, 0.15) is 32.0 Å². The molecule has 1 aromatic heterocycles. The van der Waals surface area contributed by atoms with Crippen molar-refractivity contribution >= 4 is 17.6 Å². The van der Waals surface area contributed by atoms with Crippen LogP contribution in [-0.2, 0) is 11.3 Å². The molecule has 0 aliphatic heterocycles. The minimum Gasteiger partial charge on any atom is -0.457 e. The Morgan fingerprint density at radius 3 is 2.57 bits per heavy atom. The zero-order chi connectivity index (χ0) is 20.3. The summed E-state index contributed by atoms with van der Waals surface area (Å²) in [5.74, 6) is -1.26. The summed E-state index contributed by atoms with van der Waals surface area (Å²) in [5, 5.41) is 15.2. The molecule has 1 heterocycles. The van der Waals surface area contributed by atoms with Gasteiger partial charge in [0.15, 0.2) is 0 Å². The zero-order valence-corrected chi connectivity index (χ0v) is 14.7. The molecule has 1 amide bonds. The van der Waals surface area contributed by atoms with Gasteiger partial charge in [-0.05, 0) is 19.1 Å². The van der Waals surface area contributed by atoms with E-state index in [1.54, 1.807) is 31.2 Å². The first kappa shape index (κ1) is 18.8. The smallest absolute Gasteiger partial charge is 0.344 e. The number of nitro benzene ring substituents is 1. The molecule has 0 unspecified atom stereocenters. The Labute approximate surface area is 158 Å². The summed E-state index contributed by atoms with van der Waals surface area (Å²) in [4.78, 5) is 34.4. The fourth-order valence-corrected chi connectivity index (χ4v) is 2.63. The number of hydrogen-bond donors (Lipinski definition) is 1. The van der Waals surface area contributed by atoms with Crippen LogP contribution in [0.15, 0.2) is 53.1 Å². The van der Waals surface area contributed by atoms with Crippen molar-refractivity contribution in [2.45, 2.75) is 13.5 Å². The lowest BCUT2D eigenvalue weighted by atomic mass is 10.1. The summed E-state index contributed by atoms with van der Waals surface area (Å²) in [5.41, 5.74) is 6.02. The monoisotopic (exact) mass is 381 g/mol. The molecule has 3 rings (SSSR count). The average molecular weight is 381 g/mol. The van der Waals surface area contributed by atoms with Gasteiger partial charge in [-0.3, -0.25) is 14.9 Å². The largest absolute Gasteiger partial charge is 0.457 e. The molecule has 2 aromatic carbocycles. The highest BCUT2D eigenvalue weighted by Crippen LogP contribution is 2.27. The van der Waals surface area contributed by atoms with Gasteiger partial charge in [0, 0.05) is 17.2 Å². The number of hydrogen-bond acceptors (Lipinski definition) is 7. The van der Waals surface area contributed by atoms with E-state index in [0.29, 0.717) is 11.3 Å². The number of carbonyl (C=O) groups excluding carboxylic acids is 2. The molecule has 0 bridgehead atoms. The van der Waals surface area contributed by atoms with Gasteiger partial charge in [0.25, 0.3) is 5.69 Å². The minimum atomic E-state index is -0.792. The van der Waals surface area contributed by atoms with Crippen molar-refractivity contribution in [2.24, 2.45) is 5.73 Å². The van der Waals surface area contributed by atoms with Gasteiger partial charge in [0.2, 0.25) is 5.91 Å². The number of carbonyl (C=O) groups is 2. The number of nitro groups is 1. The van der Waals surface area contributed by atoms with Gasteiger partial charge in [0.05, 0.1) is 10.5 Å². The predicted octanol–water partition coefficient (Wildman–Crippen LogP) is 3.01. The van der Waals surface area contributed by atoms with E-state index in [-0.39, 0.29) is 34.7 Å². The topological polar surface area (TPSA) is 139 Å². The van der Waals surface area contributed by atoms with Crippen LogP contribution in [0.4, 0.5) is 5.69 Å².